The van der Waals surface area contributed by atoms with Crippen molar-refractivity contribution in [2.45, 2.75) is 25.8 Å². The molecule has 1 rings (SSSR count). The molecule has 0 radical (unpaired) electrons. The fourth-order valence-corrected chi connectivity index (χ4v) is 3.43. The minimum atomic E-state index is -3.19. The highest BCUT2D eigenvalue weighted by molar-refractivity contribution is 7.89. The standard InChI is InChI=1S/C8H18N2O4S2/c1-3-16(13,14)9-8-4-6-10(7-5-8)15(2,11)12/h8-9H,3-7H2,1-2H3. The first-order valence-corrected chi connectivity index (χ1v) is 8.70. The Labute approximate surface area is 97.1 Å². The monoisotopic (exact) mass is 270 g/mol. The summed E-state index contributed by atoms with van der Waals surface area (Å²) in [5.41, 5.74) is 0. The van der Waals surface area contributed by atoms with Crippen molar-refractivity contribution < 1.29 is 16.8 Å². The molecule has 16 heavy (non-hydrogen) atoms. The Hall–Kier alpha value is -0.180. The average Bonchev–Trinajstić information content (AvgIpc) is 2.16. The van der Waals surface area contributed by atoms with Crippen molar-refractivity contribution in [3.63, 3.8) is 0 Å². The molecule has 0 bridgehead atoms. The molecule has 0 aromatic rings. The molecular formula is C8H18N2O4S2. The van der Waals surface area contributed by atoms with Crippen LogP contribution in [0.25, 0.3) is 0 Å². The Balaban J connectivity index is 2.51. The van der Waals surface area contributed by atoms with Crippen molar-refractivity contribution in [1.82, 2.24) is 9.03 Å². The lowest BCUT2D eigenvalue weighted by atomic mass is 10.1. The number of hydrogen-bond donors (Lipinski definition) is 1. The summed E-state index contributed by atoms with van der Waals surface area (Å²) in [4.78, 5) is 0. The Morgan fingerprint density at radius 2 is 1.69 bits per heavy atom. The van der Waals surface area contributed by atoms with Gasteiger partial charge in [0.25, 0.3) is 0 Å². The molecule has 0 spiro atoms. The van der Waals surface area contributed by atoms with Gasteiger partial charge in [0.05, 0.1) is 12.0 Å². The lowest BCUT2D eigenvalue weighted by molar-refractivity contribution is 0.310. The highest BCUT2D eigenvalue weighted by Gasteiger charge is 2.26. The fraction of sp³-hybridized carbons (Fsp3) is 1.00. The lowest BCUT2D eigenvalue weighted by Gasteiger charge is -2.30. The van der Waals surface area contributed by atoms with Crippen molar-refractivity contribution in [2.24, 2.45) is 0 Å². The smallest absolute Gasteiger partial charge is 0.211 e. The first-order valence-electron chi connectivity index (χ1n) is 5.20. The van der Waals surface area contributed by atoms with Crippen LogP contribution in [0.4, 0.5) is 0 Å². The van der Waals surface area contributed by atoms with E-state index < -0.39 is 20.0 Å². The molecule has 0 aliphatic carbocycles. The van der Waals surface area contributed by atoms with Crippen LogP contribution in [0.1, 0.15) is 19.8 Å². The van der Waals surface area contributed by atoms with Gasteiger partial charge in [-0.15, -0.1) is 0 Å². The average molecular weight is 270 g/mol. The summed E-state index contributed by atoms with van der Waals surface area (Å²) in [6.45, 7) is 2.35. The second kappa shape index (κ2) is 4.99. The van der Waals surface area contributed by atoms with Gasteiger partial charge in [-0.3, -0.25) is 0 Å². The Kier molecular flexibility index (Phi) is 4.33. The largest absolute Gasteiger partial charge is 0.213 e. The SMILES string of the molecule is CCS(=O)(=O)NC1CCN(S(C)(=O)=O)CC1. The van der Waals surface area contributed by atoms with Gasteiger partial charge in [-0.05, 0) is 19.8 Å². The van der Waals surface area contributed by atoms with Crippen molar-refractivity contribution in [2.75, 3.05) is 25.1 Å². The number of nitrogens with zero attached hydrogens (tertiary/aromatic N) is 1. The highest BCUT2D eigenvalue weighted by Crippen LogP contribution is 2.13. The van der Waals surface area contributed by atoms with E-state index in [9.17, 15) is 16.8 Å². The molecule has 1 N–H and O–H groups in total. The maximum absolute atomic E-state index is 11.3. The quantitative estimate of drug-likeness (QED) is 0.736. The second-order valence-corrected chi connectivity index (χ2v) is 7.98. The van der Waals surface area contributed by atoms with E-state index in [1.807, 2.05) is 0 Å². The third-order valence-corrected chi connectivity index (χ3v) is 5.40. The Bertz CT molecular complexity index is 421. The highest BCUT2D eigenvalue weighted by atomic mass is 32.2. The van der Waals surface area contributed by atoms with Crippen LogP contribution in [0.15, 0.2) is 0 Å². The van der Waals surface area contributed by atoms with Crippen LogP contribution in [-0.4, -0.2) is 52.3 Å². The normalized spacial score (nSPS) is 21.1. The molecule has 8 heteroatoms. The molecule has 1 aliphatic rings. The first kappa shape index (κ1) is 13.9. The van der Waals surface area contributed by atoms with E-state index in [0.717, 1.165) is 0 Å². The predicted molar refractivity (Wildman–Crippen MR) is 62.0 cm³/mol. The van der Waals surface area contributed by atoms with Gasteiger partial charge in [0.2, 0.25) is 20.0 Å². The molecule has 6 nitrogen and oxygen atoms in total. The predicted octanol–water partition coefficient (Wildman–Crippen LogP) is -0.650. The molecular weight excluding hydrogens is 252 g/mol. The zero-order valence-electron chi connectivity index (χ0n) is 9.51. The molecule has 0 saturated carbocycles. The number of rotatable bonds is 4. The maximum Gasteiger partial charge on any atom is 0.211 e. The lowest BCUT2D eigenvalue weighted by Crippen LogP contribution is -2.46. The van der Waals surface area contributed by atoms with Gasteiger partial charge in [0.15, 0.2) is 0 Å². The summed E-state index contributed by atoms with van der Waals surface area (Å²) in [6.07, 6.45) is 2.24. The minimum Gasteiger partial charge on any atom is -0.213 e. The van der Waals surface area contributed by atoms with E-state index in [0.29, 0.717) is 25.9 Å². The first-order chi connectivity index (χ1) is 7.24. The topological polar surface area (TPSA) is 83.6 Å². The molecule has 1 fully saturated rings. The number of piperidine rings is 1. The van der Waals surface area contributed by atoms with Gasteiger partial charge in [-0.1, -0.05) is 0 Å². The zero-order chi connectivity index (χ0) is 12.4. The van der Waals surface area contributed by atoms with Crippen LogP contribution in [0.2, 0.25) is 0 Å². The molecule has 0 unspecified atom stereocenters. The number of hydrogen-bond acceptors (Lipinski definition) is 4. The summed E-state index contributed by atoms with van der Waals surface area (Å²) in [7, 11) is -6.33. The summed E-state index contributed by atoms with van der Waals surface area (Å²) in [5, 5.41) is 0. The Morgan fingerprint density at radius 1 is 1.19 bits per heavy atom. The van der Waals surface area contributed by atoms with E-state index in [1.165, 1.54) is 10.6 Å². The van der Waals surface area contributed by atoms with Crippen molar-refractivity contribution in [1.29, 1.82) is 0 Å². The summed E-state index contributed by atoms with van der Waals surface area (Å²) >= 11 is 0. The number of sulfonamides is 2. The molecule has 0 aromatic heterocycles. The molecule has 0 atom stereocenters. The second-order valence-electron chi connectivity index (χ2n) is 3.96. The van der Waals surface area contributed by atoms with E-state index in [1.54, 1.807) is 6.92 Å². The summed E-state index contributed by atoms with van der Waals surface area (Å²) < 4.78 is 49.0. The number of nitrogens with one attached hydrogen (secondary N) is 1. The minimum absolute atomic E-state index is 0.0549. The van der Waals surface area contributed by atoms with Gasteiger partial charge in [0.1, 0.15) is 0 Å². The van der Waals surface area contributed by atoms with Crippen LogP contribution < -0.4 is 4.72 Å². The van der Waals surface area contributed by atoms with Crippen molar-refractivity contribution in [3.8, 4) is 0 Å². The van der Waals surface area contributed by atoms with E-state index in [-0.39, 0.29) is 11.8 Å². The Morgan fingerprint density at radius 3 is 2.06 bits per heavy atom. The zero-order valence-corrected chi connectivity index (χ0v) is 11.1. The molecule has 0 amide bonds. The van der Waals surface area contributed by atoms with Crippen LogP contribution in [-0.2, 0) is 20.0 Å². The van der Waals surface area contributed by atoms with Crippen LogP contribution >= 0.6 is 0 Å². The molecule has 1 saturated heterocycles. The van der Waals surface area contributed by atoms with Gasteiger partial charge in [-0.25, -0.2) is 25.9 Å². The van der Waals surface area contributed by atoms with Gasteiger partial charge in [-0.2, -0.15) is 0 Å². The molecule has 1 aliphatic heterocycles. The van der Waals surface area contributed by atoms with E-state index in [4.69, 9.17) is 0 Å². The van der Waals surface area contributed by atoms with Crippen LogP contribution in [0.5, 0.6) is 0 Å². The third-order valence-electron chi connectivity index (χ3n) is 2.65. The molecule has 0 aromatic carbocycles. The molecule has 1 heterocycles. The fourth-order valence-electron chi connectivity index (χ4n) is 1.64. The summed E-state index contributed by atoms with van der Waals surface area (Å²) in [5.74, 6) is 0.0549. The van der Waals surface area contributed by atoms with Crippen molar-refractivity contribution in [3.05, 3.63) is 0 Å². The van der Waals surface area contributed by atoms with E-state index in [2.05, 4.69) is 4.72 Å². The van der Waals surface area contributed by atoms with Gasteiger partial charge < -0.3 is 0 Å². The maximum atomic E-state index is 11.3. The van der Waals surface area contributed by atoms with Crippen LogP contribution in [0, 0.1) is 0 Å². The summed E-state index contributed by atoms with van der Waals surface area (Å²) in [6, 6.07) is -0.136. The van der Waals surface area contributed by atoms with Crippen molar-refractivity contribution >= 4 is 20.0 Å². The van der Waals surface area contributed by atoms with Gasteiger partial charge in [0, 0.05) is 19.1 Å². The third kappa shape index (κ3) is 4.00. The molecule has 96 valence electrons. The van der Waals surface area contributed by atoms with Crippen LogP contribution in [0.3, 0.4) is 0 Å². The van der Waals surface area contributed by atoms with E-state index >= 15 is 0 Å². The van der Waals surface area contributed by atoms with Gasteiger partial charge >= 0.3 is 0 Å².